The van der Waals surface area contributed by atoms with Crippen molar-refractivity contribution in [3.05, 3.63) is 0 Å². The molecule has 54 valence electrons. The van der Waals surface area contributed by atoms with Crippen LogP contribution in [0.5, 0.6) is 0 Å². The van der Waals surface area contributed by atoms with E-state index in [1.807, 2.05) is 0 Å². The van der Waals surface area contributed by atoms with Crippen LogP contribution in [0.3, 0.4) is 0 Å². The maximum atomic E-state index is 5.20. The number of ether oxygens (including phenoxy) is 1. The first-order valence-corrected chi connectivity index (χ1v) is 3.18. The lowest BCUT2D eigenvalue weighted by molar-refractivity contribution is 0.133. The summed E-state index contributed by atoms with van der Waals surface area (Å²) in [7, 11) is 0. The minimum atomic E-state index is 0.271. The normalized spacial score (nSPS) is 29.7. The molecule has 1 saturated heterocycles. The molecule has 4 heteroatoms. The van der Waals surface area contributed by atoms with Gasteiger partial charge < -0.3 is 10.1 Å². The summed E-state index contributed by atoms with van der Waals surface area (Å²) in [6, 6.07) is 0.271. The predicted molar refractivity (Wildman–Crippen MR) is 34.8 cm³/mol. The van der Waals surface area contributed by atoms with Crippen LogP contribution >= 0.6 is 0 Å². The number of hydrogen-bond donors (Lipinski definition) is 3. The van der Waals surface area contributed by atoms with Gasteiger partial charge in [-0.3, -0.25) is 11.3 Å². The summed E-state index contributed by atoms with van der Waals surface area (Å²) in [5.74, 6) is 5.20. The van der Waals surface area contributed by atoms with E-state index in [9.17, 15) is 0 Å². The molecule has 9 heavy (non-hydrogen) atoms. The molecule has 1 atom stereocenters. The quantitative estimate of drug-likeness (QED) is 0.297. The summed E-state index contributed by atoms with van der Waals surface area (Å²) in [4.78, 5) is 0. The van der Waals surface area contributed by atoms with E-state index >= 15 is 0 Å². The number of rotatable bonds is 1. The third-order valence-corrected chi connectivity index (χ3v) is 1.37. The van der Waals surface area contributed by atoms with Gasteiger partial charge in [-0.15, -0.1) is 0 Å². The smallest absolute Gasteiger partial charge is 0.0646 e. The summed E-state index contributed by atoms with van der Waals surface area (Å²) in [5.41, 5.74) is 2.66. The molecular weight excluding hydrogens is 118 g/mol. The van der Waals surface area contributed by atoms with Crippen molar-refractivity contribution in [2.45, 2.75) is 6.04 Å². The second-order valence-electron chi connectivity index (χ2n) is 2.14. The zero-order chi connectivity index (χ0) is 6.53. The Kier molecular flexibility index (Phi) is 2.93. The molecule has 1 aliphatic rings. The SMILES string of the molecule is NNC1CNCCOC1. The number of nitrogens with one attached hydrogen (secondary N) is 2. The van der Waals surface area contributed by atoms with Gasteiger partial charge in [0.1, 0.15) is 0 Å². The van der Waals surface area contributed by atoms with E-state index in [-0.39, 0.29) is 6.04 Å². The van der Waals surface area contributed by atoms with Gasteiger partial charge in [-0.25, -0.2) is 0 Å². The summed E-state index contributed by atoms with van der Waals surface area (Å²) < 4.78 is 5.19. The first-order valence-electron chi connectivity index (χ1n) is 3.18. The lowest BCUT2D eigenvalue weighted by Crippen LogP contribution is -2.43. The van der Waals surface area contributed by atoms with Crippen molar-refractivity contribution < 1.29 is 4.74 Å². The first kappa shape index (κ1) is 6.95. The fourth-order valence-corrected chi connectivity index (χ4v) is 0.812. The van der Waals surface area contributed by atoms with Crippen LogP contribution in [0.1, 0.15) is 0 Å². The van der Waals surface area contributed by atoms with Crippen molar-refractivity contribution in [3.63, 3.8) is 0 Å². The number of hydrazine groups is 1. The molecule has 0 aromatic carbocycles. The maximum Gasteiger partial charge on any atom is 0.0646 e. The highest BCUT2D eigenvalue weighted by atomic mass is 16.5. The van der Waals surface area contributed by atoms with Crippen molar-refractivity contribution in [2.75, 3.05) is 26.3 Å². The van der Waals surface area contributed by atoms with Gasteiger partial charge in [0.2, 0.25) is 0 Å². The highest BCUT2D eigenvalue weighted by Gasteiger charge is 2.08. The molecule has 0 radical (unpaired) electrons. The molecule has 0 spiro atoms. The molecule has 0 aliphatic carbocycles. The van der Waals surface area contributed by atoms with E-state index in [1.54, 1.807) is 0 Å². The van der Waals surface area contributed by atoms with E-state index in [1.165, 1.54) is 0 Å². The van der Waals surface area contributed by atoms with E-state index in [2.05, 4.69) is 10.7 Å². The molecule has 1 rings (SSSR count). The molecule has 4 N–H and O–H groups in total. The highest BCUT2D eigenvalue weighted by molar-refractivity contribution is 4.68. The summed E-state index contributed by atoms with van der Waals surface area (Å²) in [6.07, 6.45) is 0. The van der Waals surface area contributed by atoms with Gasteiger partial charge in [-0.05, 0) is 0 Å². The van der Waals surface area contributed by atoms with Crippen molar-refractivity contribution in [3.8, 4) is 0 Å². The predicted octanol–water partition coefficient (Wildman–Crippen LogP) is -1.56. The molecular formula is C5H13N3O. The summed E-state index contributed by atoms with van der Waals surface area (Å²) in [5, 5.41) is 3.18. The average Bonchev–Trinajstić information content (AvgIpc) is 2.13. The van der Waals surface area contributed by atoms with E-state index in [4.69, 9.17) is 10.6 Å². The summed E-state index contributed by atoms with van der Waals surface area (Å²) in [6.45, 7) is 3.33. The van der Waals surface area contributed by atoms with Gasteiger partial charge in [-0.1, -0.05) is 0 Å². The molecule has 0 aromatic rings. The van der Waals surface area contributed by atoms with Crippen molar-refractivity contribution in [2.24, 2.45) is 5.84 Å². The van der Waals surface area contributed by atoms with Crippen LogP contribution in [0.15, 0.2) is 0 Å². The first-order chi connectivity index (χ1) is 4.43. The Morgan fingerprint density at radius 1 is 1.67 bits per heavy atom. The monoisotopic (exact) mass is 131 g/mol. The van der Waals surface area contributed by atoms with Crippen molar-refractivity contribution in [1.29, 1.82) is 0 Å². The fourth-order valence-electron chi connectivity index (χ4n) is 0.812. The third-order valence-electron chi connectivity index (χ3n) is 1.37. The number of nitrogens with two attached hydrogens (primary N) is 1. The molecule has 1 unspecified atom stereocenters. The van der Waals surface area contributed by atoms with Crippen LogP contribution in [-0.2, 0) is 4.74 Å². The maximum absolute atomic E-state index is 5.20. The molecule has 4 nitrogen and oxygen atoms in total. The van der Waals surface area contributed by atoms with Crippen molar-refractivity contribution in [1.82, 2.24) is 10.7 Å². The fraction of sp³-hybridized carbons (Fsp3) is 1.00. The van der Waals surface area contributed by atoms with E-state index < -0.39 is 0 Å². The third kappa shape index (κ3) is 2.28. The van der Waals surface area contributed by atoms with Gasteiger partial charge in [0, 0.05) is 13.1 Å². The second-order valence-corrected chi connectivity index (χ2v) is 2.14. The van der Waals surface area contributed by atoms with Crippen LogP contribution in [0.4, 0.5) is 0 Å². The zero-order valence-corrected chi connectivity index (χ0v) is 5.39. The topological polar surface area (TPSA) is 59.3 Å². The van der Waals surface area contributed by atoms with Gasteiger partial charge >= 0.3 is 0 Å². The van der Waals surface area contributed by atoms with Crippen LogP contribution < -0.4 is 16.6 Å². The minimum absolute atomic E-state index is 0.271. The van der Waals surface area contributed by atoms with Gasteiger partial charge in [0.25, 0.3) is 0 Å². The summed E-state index contributed by atoms with van der Waals surface area (Å²) >= 11 is 0. The van der Waals surface area contributed by atoms with E-state index in [0.29, 0.717) is 6.61 Å². The van der Waals surface area contributed by atoms with Gasteiger partial charge in [0.05, 0.1) is 19.3 Å². The Morgan fingerprint density at radius 2 is 2.56 bits per heavy atom. The van der Waals surface area contributed by atoms with Crippen molar-refractivity contribution >= 4 is 0 Å². The largest absolute Gasteiger partial charge is 0.378 e. The molecule has 1 fully saturated rings. The van der Waals surface area contributed by atoms with E-state index in [0.717, 1.165) is 19.7 Å². The molecule has 1 heterocycles. The second kappa shape index (κ2) is 3.79. The van der Waals surface area contributed by atoms with Crippen LogP contribution in [0.25, 0.3) is 0 Å². The van der Waals surface area contributed by atoms with Gasteiger partial charge in [-0.2, -0.15) is 0 Å². The Balaban J connectivity index is 2.18. The molecule has 0 aromatic heterocycles. The standard InChI is InChI=1S/C5H13N3O/c6-8-5-3-7-1-2-9-4-5/h5,7-8H,1-4,6H2. The minimum Gasteiger partial charge on any atom is -0.378 e. The Bertz CT molecular complexity index is 70.6. The van der Waals surface area contributed by atoms with Crippen LogP contribution in [0, 0.1) is 0 Å². The van der Waals surface area contributed by atoms with Gasteiger partial charge in [0.15, 0.2) is 0 Å². The van der Waals surface area contributed by atoms with Crippen LogP contribution in [0.2, 0.25) is 0 Å². The average molecular weight is 131 g/mol. The molecule has 0 amide bonds. The number of hydrogen-bond acceptors (Lipinski definition) is 4. The molecule has 0 saturated carbocycles. The highest BCUT2D eigenvalue weighted by Crippen LogP contribution is 1.86. The molecule has 1 aliphatic heterocycles. The zero-order valence-electron chi connectivity index (χ0n) is 5.39. The molecule has 0 bridgehead atoms. The lowest BCUT2D eigenvalue weighted by Gasteiger charge is -2.10. The Hall–Kier alpha value is -0.160. The lowest BCUT2D eigenvalue weighted by atomic mass is 10.3. The Labute approximate surface area is 54.7 Å². The van der Waals surface area contributed by atoms with Crippen LogP contribution in [-0.4, -0.2) is 32.3 Å². The Morgan fingerprint density at radius 3 is 3.33 bits per heavy atom.